The fraction of sp³-hybridized carbons (Fsp3) is 0.0556. The Bertz CT molecular complexity index is 1680. The third-order valence-corrected chi connectivity index (χ3v) is 6.87. The lowest BCUT2D eigenvalue weighted by Crippen LogP contribution is -1.96. The molecule has 0 bridgehead atoms. The van der Waals surface area contributed by atoms with Crippen molar-refractivity contribution in [3.63, 3.8) is 0 Å². The molecule has 1 heterocycles. The predicted molar refractivity (Wildman–Crippen MR) is 159 cm³/mol. The Hall–Kier alpha value is -4.82. The molecule has 0 saturated carbocycles. The number of rotatable bonds is 5. The molecule has 5 aromatic carbocycles. The number of hydrogen-bond donors (Lipinski definition) is 0. The van der Waals surface area contributed by atoms with E-state index in [2.05, 4.69) is 129 Å². The van der Waals surface area contributed by atoms with E-state index >= 15 is 0 Å². The Morgan fingerprint density at radius 1 is 0.342 bits per heavy atom. The van der Waals surface area contributed by atoms with Gasteiger partial charge in [-0.15, -0.1) is 0 Å². The van der Waals surface area contributed by atoms with E-state index < -0.39 is 0 Å². The molecule has 0 radical (unpaired) electrons. The molecule has 0 atom stereocenters. The van der Waals surface area contributed by atoms with Crippen molar-refractivity contribution in [1.29, 1.82) is 0 Å². The highest BCUT2D eigenvalue weighted by Gasteiger charge is 2.12. The van der Waals surface area contributed by atoms with Crippen LogP contribution in [0.5, 0.6) is 0 Å². The normalized spacial score (nSPS) is 10.9. The minimum atomic E-state index is 0.720. The van der Waals surface area contributed by atoms with Gasteiger partial charge >= 0.3 is 0 Å². The Morgan fingerprint density at radius 2 is 0.763 bits per heavy atom. The Labute approximate surface area is 224 Å². The van der Waals surface area contributed by atoms with Gasteiger partial charge in [-0.3, -0.25) is 0 Å². The zero-order chi connectivity index (χ0) is 25.9. The molecule has 0 aliphatic carbocycles. The molecule has 6 rings (SSSR count). The van der Waals surface area contributed by atoms with Gasteiger partial charge in [0.15, 0.2) is 5.82 Å². The number of nitrogens with zero attached hydrogens (tertiary/aromatic N) is 2. The third-order valence-electron chi connectivity index (χ3n) is 6.87. The summed E-state index contributed by atoms with van der Waals surface area (Å²) < 4.78 is 0. The van der Waals surface area contributed by atoms with Crippen molar-refractivity contribution in [2.24, 2.45) is 0 Å². The number of hydrogen-bond acceptors (Lipinski definition) is 2. The highest BCUT2D eigenvalue weighted by Crippen LogP contribution is 2.31. The van der Waals surface area contributed by atoms with Crippen LogP contribution in [0.15, 0.2) is 133 Å². The van der Waals surface area contributed by atoms with Crippen LogP contribution in [0.2, 0.25) is 0 Å². The van der Waals surface area contributed by atoms with Crippen LogP contribution in [0, 0.1) is 13.8 Å². The second kappa shape index (κ2) is 10.3. The molecule has 0 N–H and O–H groups in total. The molecule has 6 aromatic rings. The van der Waals surface area contributed by atoms with Gasteiger partial charge in [-0.05, 0) is 48.2 Å². The van der Waals surface area contributed by atoms with Crippen molar-refractivity contribution >= 4 is 0 Å². The fourth-order valence-corrected chi connectivity index (χ4v) is 4.64. The molecule has 0 amide bonds. The van der Waals surface area contributed by atoms with Crippen molar-refractivity contribution in [2.75, 3.05) is 0 Å². The van der Waals surface area contributed by atoms with E-state index in [4.69, 9.17) is 9.97 Å². The van der Waals surface area contributed by atoms with E-state index in [1.165, 1.54) is 27.8 Å². The van der Waals surface area contributed by atoms with Gasteiger partial charge in [0, 0.05) is 16.7 Å². The molecular formula is C36H28N2. The Kier molecular flexibility index (Phi) is 6.37. The lowest BCUT2D eigenvalue weighted by Gasteiger charge is -2.11. The quantitative estimate of drug-likeness (QED) is 0.241. The van der Waals surface area contributed by atoms with Crippen molar-refractivity contribution in [2.45, 2.75) is 13.8 Å². The first-order valence-electron chi connectivity index (χ1n) is 12.9. The highest BCUT2D eigenvalue weighted by atomic mass is 14.9. The third kappa shape index (κ3) is 5.02. The summed E-state index contributed by atoms with van der Waals surface area (Å²) in [7, 11) is 0. The van der Waals surface area contributed by atoms with Crippen LogP contribution in [0.3, 0.4) is 0 Å². The molecule has 0 unspecified atom stereocenters. The Balaban J connectivity index is 1.43. The van der Waals surface area contributed by atoms with Gasteiger partial charge in [-0.1, -0.05) is 132 Å². The molecule has 182 valence electrons. The number of benzene rings is 5. The van der Waals surface area contributed by atoms with Gasteiger partial charge in [0.05, 0.1) is 11.4 Å². The summed E-state index contributed by atoms with van der Waals surface area (Å²) in [5.41, 5.74) is 12.2. The first-order chi connectivity index (χ1) is 18.6. The molecule has 0 aliphatic heterocycles. The van der Waals surface area contributed by atoms with Gasteiger partial charge in [-0.2, -0.15) is 0 Å². The molecular weight excluding hydrogens is 460 g/mol. The molecule has 38 heavy (non-hydrogen) atoms. The van der Waals surface area contributed by atoms with Gasteiger partial charge in [0.25, 0.3) is 0 Å². The second-order valence-corrected chi connectivity index (χ2v) is 9.72. The average molecular weight is 489 g/mol. The second-order valence-electron chi connectivity index (χ2n) is 9.72. The van der Waals surface area contributed by atoms with Crippen LogP contribution in [0.25, 0.3) is 56.2 Å². The molecule has 2 heteroatoms. The van der Waals surface area contributed by atoms with Crippen LogP contribution in [-0.2, 0) is 0 Å². The zero-order valence-corrected chi connectivity index (χ0v) is 21.6. The molecule has 0 fully saturated rings. The van der Waals surface area contributed by atoms with Crippen LogP contribution < -0.4 is 0 Å². The molecule has 0 saturated heterocycles. The van der Waals surface area contributed by atoms with Crippen LogP contribution in [0.1, 0.15) is 11.1 Å². The summed E-state index contributed by atoms with van der Waals surface area (Å²) in [5.74, 6) is 0.720. The maximum atomic E-state index is 5.05. The number of aryl methyl sites for hydroxylation is 2. The van der Waals surface area contributed by atoms with Crippen molar-refractivity contribution < 1.29 is 0 Å². The summed E-state index contributed by atoms with van der Waals surface area (Å²) in [6.07, 6.45) is 0. The van der Waals surface area contributed by atoms with Crippen LogP contribution >= 0.6 is 0 Å². The fourth-order valence-electron chi connectivity index (χ4n) is 4.64. The summed E-state index contributed by atoms with van der Waals surface area (Å²) in [6.45, 7) is 4.22. The smallest absolute Gasteiger partial charge is 0.160 e. The largest absolute Gasteiger partial charge is 0.228 e. The van der Waals surface area contributed by atoms with E-state index in [0.29, 0.717) is 0 Å². The highest BCUT2D eigenvalue weighted by molar-refractivity contribution is 5.76. The van der Waals surface area contributed by atoms with Crippen LogP contribution in [-0.4, -0.2) is 9.97 Å². The van der Waals surface area contributed by atoms with E-state index in [0.717, 1.165) is 39.5 Å². The lowest BCUT2D eigenvalue weighted by atomic mass is 10.00. The Morgan fingerprint density at radius 3 is 1.34 bits per heavy atom. The van der Waals surface area contributed by atoms with Crippen molar-refractivity contribution in [3.05, 3.63) is 145 Å². The number of aromatic nitrogens is 2. The first-order valence-corrected chi connectivity index (χ1v) is 12.9. The maximum absolute atomic E-state index is 5.05. The van der Waals surface area contributed by atoms with Gasteiger partial charge in [0.1, 0.15) is 0 Å². The van der Waals surface area contributed by atoms with Crippen LogP contribution in [0.4, 0.5) is 0 Å². The lowest BCUT2D eigenvalue weighted by molar-refractivity contribution is 1.18. The average Bonchev–Trinajstić information content (AvgIpc) is 2.98. The van der Waals surface area contributed by atoms with E-state index in [-0.39, 0.29) is 0 Å². The monoisotopic (exact) mass is 488 g/mol. The maximum Gasteiger partial charge on any atom is 0.160 e. The topological polar surface area (TPSA) is 25.8 Å². The molecule has 0 spiro atoms. The molecule has 0 aliphatic rings. The standard InChI is InChI=1S/C36H28N2/c1-25-11-15-27(16-12-25)28-19-21-31(22-20-28)35-24-34(30-7-4-3-5-8-30)37-36(38-35)33-10-6-9-32(23-33)29-17-13-26(2)14-18-29/h3-24H,1-2H3. The summed E-state index contributed by atoms with van der Waals surface area (Å²) >= 11 is 0. The van der Waals surface area contributed by atoms with Gasteiger partial charge in [-0.25, -0.2) is 9.97 Å². The molecule has 2 nitrogen and oxygen atoms in total. The summed E-state index contributed by atoms with van der Waals surface area (Å²) in [5, 5.41) is 0. The zero-order valence-electron chi connectivity index (χ0n) is 21.6. The van der Waals surface area contributed by atoms with Gasteiger partial charge < -0.3 is 0 Å². The predicted octanol–water partition coefficient (Wildman–Crippen LogP) is 9.43. The van der Waals surface area contributed by atoms with E-state index in [1.807, 2.05) is 18.2 Å². The summed E-state index contributed by atoms with van der Waals surface area (Å²) in [4.78, 5) is 10.1. The van der Waals surface area contributed by atoms with Crippen molar-refractivity contribution in [3.8, 4) is 56.2 Å². The van der Waals surface area contributed by atoms with Crippen molar-refractivity contribution in [1.82, 2.24) is 9.97 Å². The van der Waals surface area contributed by atoms with Gasteiger partial charge in [0.2, 0.25) is 0 Å². The minimum Gasteiger partial charge on any atom is -0.228 e. The molecule has 1 aromatic heterocycles. The summed E-state index contributed by atoms with van der Waals surface area (Å²) in [6, 6.07) is 46.8. The minimum absolute atomic E-state index is 0.720. The van der Waals surface area contributed by atoms with E-state index in [1.54, 1.807) is 0 Å². The SMILES string of the molecule is Cc1ccc(-c2ccc(-c3cc(-c4ccccc4)nc(-c4cccc(-c5ccc(C)cc5)c4)n3)cc2)cc1. The van der Waals surface area contributed by atoms with E-state index in [9.17, 15) is 0 Å². The first kappa shape index (κ1) is 23.6.